The Hall–Kier alpha value is -12.9. The predicted molar refractivity (Wildman–Crippen MR) is 383 cm³/mol. The van der Waals surface area contributed by atoms with Crippen LogP contribution in [0.3, 0.4) is 0 Å². The van der Waals surface area contributed by atoms with Gasteiger partial charge < -0.3 is 8.83 Å². The van der Waals surface area contributed by atoms with Gasteiger partial charge >= 0.3 is 0 Å². The van der Waals surface area contributed by atoms with Crippen molar-refractivity contribution < 1.29 is 8.83 Å². The first kappa shape index (κ1) is 54.1. The molecule has 0 aliphatic carbocycles. The highest BCUT2D eigenvalue weighted by Crippen LogP contribution is 2.43. The lowest BCUT2D eigenvalue weighted by Crippen LogP contribution is -2.06. The van der Waals surface area contributed by atoms with Crippen LogP contribution < -0.4 is 0 Å². The summed E-state index contributed by atoms with van der Waals surface area (Å²) in [5.41, 5.74) is 20.1. The molecular formula is C85H53N7O2. The van der Waals surface area contributed by atoms with Crippen LogP contribution in [0.15, 0.2) is 330 Å². The summed E-state index contributed by atoms with van der Waals surface area (Å²) in [6, 6.07) is 111. The molecular weight excluding hydrogens is 1150 g/mol. The number of fused-ring (bicyclic) bond motifs is 13. The molecule has 94 heavy (non-hydrogen) atoms. The summed E-state index contributed by atoms with van der Waals surface area (Å²) in [6.45, 7) is 0. The zero-order valence-electron chi connectivity index (χ0n) is 50.5. The molecule has 6 aromatic heterocycles. The second-order valence-electron chi connectivity index (χ2n) is 23.5. The van der Waals surface area contributed by atoms with Gasteiger partial charge in [-0.25, -0.2) is 15.0 Å². The van der Waals surface area contributed by atoms with Gasteiger partial charge in [-0.15, -0.1) is 0 Å². The van der Waals surface area contributed by atoms with Crippen molar-refractivity contribution in [1.29, 1.82) is 0 Å². The summed E-state index contributed by atoms with van der Waals surface area (Å²) >= 11 is 0. The summed E-state index contributed by atoms with van der Waals surface area (Å²) in [6.07, 6.45) is 0. The maximum Gasteiger partial charge on any atom is 0.238 e. The number of rotatable bonds is 9. The largest absolute Gasteiger partial charge is 0.455 e. The molecule has 9 heteroatoms. The van der Waals surface area contributed by atoms with Crippen molar-refractivity contribution in [3.63, 3.8) is 0 Å². The van der Waals surface area contributed by atoms with Gasteiger partial charge in [0, 0.05) is 65.5 Å². The highest BCUT2D eigenvalue weighted by atomic mass is 16.3. The van der Waals surface area contributed by atoms with Crippen molar-refractivity contribution in [3.8, 4) is 90.6 Å². The van der Waals surface area contributed by atoms with E-state index in [0.29, 0.717) is 23.5 Å². The Balaban J connectivity index is 0.000000139. The average Bonchev–Trinajstić information content (AvgIpc) is 1.57. The van der Waals surface area contributed by atoms with Crippen molar-refractivity contribution in [2.75, 3.05) is 0 Å². The van der Waals surface area contributed by atoms with Crippen molar-refractivity contribution in [2.45, 2.75) is 0 Å². The lowest BCUT2D eigenvalue weighted by atomic mass is 10.0. The van der Waals surface area contributed by atoms with Crippen LogP contribution >= 0.6 is 0 Å². The molecule has 0 amide bonds. The summed E-state index contributed by atoms with van der Waals surface area (Å²) < 4.78 is 17.3. The maximum atomic E-state index is 6.55. The number of benzene rings is 13. The molecule has 0 saturated heterocycles. The first-order valence-electron chi connectivity index (χ1n) is 31.5. The molecule has 19 rings (SSSR count). The molecule has 9 nitrogen and oxygen atoms in total. The number of nitrogens with zero attached hydrogens (tertiary/aromatic N) is 7. The highest BCUT2D eigenvalue weighted by Gasteiger charge is 2.23. The fourth-order valence-electron chi connectivity index (χ4n) is 13.4. The SMILES string of the molecule is c1ccc(-c2ccc(-c3cc(-c4ccc(-c5ccccc5)cc4)nc(-n4c5ccccc5c5c6oc7ccccc7c6ccc54)n3)cc2)cc1.c1ccc(-c2nc(-c3ccccc3)nc(-n3c4ccccc4c4cc(-c5cccc6c5oc5ccccc56)ccc43)n2)cc1. The fourth-order valence-corrected chi connectivity index (χ4v) is 13.4. The van der Waals surface area contributed by atoms with Crippen molar-refractivity contribution >= 4 is 87.5 Å². The molecule has 440 valence electrons. The molecule has 13 aromatic carbocycles. The summed E-state index contributed by atoms with van der Waals surface area (Å²) in [7, 11) is 0. The maximum absolute atomic E-state index is 6.55. The van der Waals surface area contributed by atoms with Crippen molar-refractivity contribution in [3.05, 3.63) is 322 Å². The minimum absolute atomic E-state index is 0.580. The summed E-state index contributed by atoms with van der Waals surface area (Å²) in [4.78, 5) is 25.6. The van der Waals surface area contributed by atoms with Crippen LogP contribution in [-0.4, -0.2) is 34.1 Å². The molecule has 0 atom stereocenters. The zero-order chi connectivity index (χ0) is 62.1. The zero-order valence-corrected chi connectivity index (χ0v) is 50.5. The van der Waals surface area contributed by atoms with Gasteiger partial charge in [-0.2, -0.15) is 9.97 Å². The summed E-state index contributed by atoms with van der Waals surface area (Å²) in [5, 5.41) is 8.86. The first-order valence-corrected chi connectivity index (χ1v) is 31.5. The van der Waals surface area contributed by atoms with Crippen LogP contribution in [0.4, 0.5) is 0 Å². The van der Waals surface area contributed by atoms with Gasteiger partial charge in [0.1, 0.15) is 22.3 Å². The van der Waals surface area contributed by atoms with E-state index in [9.17, 15) is 0 Å². The topological polar surface area (TPSA) is 101 Å². The van der Waals surface area contributed by atoms with Gasteiger partial charge in [-0.3, -0.25) is 9.13 Å². The van der Waals surface area contributed by atoms with Gasteiger partial charge in [0.2, 0.25) is 11.9 Å². The van der Waals surface area contributed by atoms with Crippen LogP contribution in [0.2, 0.25) is 0 Å². The van der Waals surface area contributed by atoms with Crippen LogP contribution in [0.5, 0.6) is 0 Å². The minimum Gasteiger partial charge on any atom is -0.455 e. The fraction of sp³-hybridized carbons (Fsp3) is 0. The van der Waals surface area contributed by atoms with Crippen LogP contribution in [0.1, 0.15) is 0 Å². The van der Waals surface area contributed by atoms with E-state index in [0.717, 1.165) is 143 Å². The van der Waals surface area contributed by atoms with Gasteiger partial charge in [0.15, 0.2) is 11.6 Å². The number of para-hydroxylation sites is 5. The molecule has 0 bridgehead atoms. The third kappa shape index (κ3) is 9.37. The van der Waals surface area contributed by atoms with Crippen molar-refractivity contribution in [1.82, 2.24) is 34.1 Å². The van der Waals surface area contributed by atoms with Gasteiger partial charge in [0.25, 0.3) is 0 Å². The normalized spacial score (nSPS) is 11.6. The van der Waals surface area contributed by atoms with E-state index < -0.39 is 0 Å². The van der Waals surface area contributed by atoms with Gasteiger partial charge in [0.05, 0.1) is 38.8 Å². The highest BCUT2D eigenvalue weighted by molar-refractivity contribution is 6.24. The molecule has 6 heterocycles. The minimum atomic E-state index is 0.580. The lowest BCUT2D eigenvalue weighted by molar-refractivity contribution is 0.670. The van der Waals surface area contributed by atoms with Crippen molar-refractivity contribution in [2.24, 2.45) is 0 Å². The van der Waals surface area contributed by atoms with E-state index in [1.54, 1.807) is 0 Å². The lowest BCUT2D eigenvalue weighted by Gasteiger charge is -2.12. The van der Waals surface area contributed by atoms with E-state index >= 15 is 0 Å². The smallest absolute Gasteiger partial charge is 0.238 e. The van der Waals surface area contributed by atoms with E-state index in [1.165, 1.54) is 11.1 Å². The molecule has 19 aromatic rings. The Kier molecular flexibility index (Phi) is 13.0. The molecule has 0 aliphatic rings. The third-order valence-corrected chi connectivity index (χ3v) is 17.9. The second kappa shape index (κ2) is 22.6. The van der Waals surface area contributed by atoms with E-state index in [2.05, 4.69) is 234 Å². The standard InChI is InChI=1S/C46H29N3O.C39H24N4O/c1-3-11-30(12-4-1)32-19-23-34(24-20-32)39-29-40(35-25-21-33(22-26-35)31-13-5-2-6-14-31)48-46(47-39)49-41-17-9-7-16-38(41)44-42(49)28-27-37-36-15-8-10-18-43(36)50-45(37)44;1-3-12-25(13-4-1)37-40-38(26-14-5-2-6-15-26)42-39(41-37)43-33-20-9-7-16-29(33)32-24-27(22-23-34(32)43)28-18-11-19-31-30-17-8-10-21-35(30)44-36(28)31/h1-29H;1-24H. The molecule has 0 fully saturated rings. The van der Waals surface area contributed by atoms with Gasteiger partial charge in [-0.05, 0) is 82.4 Å². The monoisotopic (exact) mass is 1200 g/mol. The Morgan fingerprint density at radius 3 is 1.19 bits per heavy atom. The quantitative estimate of drug-likeness (QED) is 0.142. The molecule has 0 radical (unpaired) electrons. The third-order valence-electron chi connectivity index (χ3n) is 17.9. The van der Waals surface area contributed by atoms with E-state index in [1.807, 2.05) is 97.1 Å². The number of furan rings is 2. The number of aromatic nitrogens is 7. The Morgan fingerprint density at radius 2 is 0.617 bits per heavy atom. The number of hydrogen-bond acceptors (Lipinski definition) is 7. The van der Waals surface area contributed by atoms with E-state index in [4.69, 9.17) is 33.8 Å². The Bertz CT molecular complexity index is 5920. The van der Waals surface area contributed by atoms with Crippen LogP contribution in [-0.2, 0) is 0 Å². The summed E-state index contributed by atoms with van der Waals surface area (Å²) in [5.74, 6) is 2.46. The molecule has 0 saturated carbocycles. The molecule has 0 N–H and O–H groups in total. The van der Waals surface area contributed by atoms with E-state index in [-0.39, 0.29) is 0 Å². The Morgan fingerprint density at radius 1 is 0.223 bits per heavy atom. The molecule has 0 aliphatic heterocycles. The first-order chi connectivity index (χ1) is 46.6. The molecule has 0 spiro atoms. The molecule has 0 unspecified atom stereocenters. The van der Waals surface area contributed by atoms with Crippen LogP contribution in [0, 0.1) is 0 Å². The van der Waals surface area contributed by atoms with Crippen LogP contribution in [0.25, 0.3) is 178 Å². The average molecular weight is 1200 g/mol. The second-order valence-corrected chi connectivity index (χ2v) is 23.5. The predicted octanol–water partition coefficient (Wildman–Crippen LogP) is 22.0. The Labute approximate surface area is 539 Å². The number of hydrogen-bond donors (Lipinski definition) is 0. The van der Waals surface area contributed by atoms with Gasteiger partial charge in [-0.1, -0.05) is 267 Å².